The number of aromatic nitrogens is 8. The third-order valence-corrected chi connectivity index (χ3v) is 13.5. The quantitative estimate of drug-likeness (QED) is 0.159. The topological polar surface area (TPSA) is 145 Å². The minimum Gasteiger partial charge on any atom is -0.493 e. The first-order valence-corrected chi connectivity index (χ1v) is 22.4. The second kappa shape index (κ2) is 17.7. The van der Waals surface area contributed by atoms with Gasteiger partial charge in [-0.2, -0.15) is 0 Å². The second-order valence-electron chi connectivity index (χ2n) is 17.7. The number of piperidine rings is 1. The first-order valence-electron chi connectivity index (χ1n) is 22.4. The lowest BCUT2D eigenvalue weighted by atomic mass is 9.83. The smallest absolute Gasteiger partial charge is 0.220 e. The maximum Gasteiger partial charge on any atom is 0.220 e. The van der Waals surface area contributed by atoms with E-state index >= 15 is 0 Å². The van der Waals surface area contributed by atoms with E-state index in [-0.39, 0.29) is 53.5 Å². The number of hydrogen-bond acceptors (Lipinski definition) is 10. The molecule has 14 nitrogen and oxygen atoms in total. The molecule has 1 fully saturated rings. The largest absolute Gasteiger partial charge is 0.493 e. The van der Waals surface area contributed by atoms with Gasteiger partial charge < -0.3 is 19.3 Å². The highest BCUT2D eigenvalue weighted by atomic mass is 19.1. The van der Waals surface area contributed by atoms with Crippen molar-refractivity contribution in [2.75, 3.05) is 13.2 Å². The maximum absolute atomic E-state index is 14.5. The van der Waals surface area contributed by atoms with Crippen LogP contribution in [0.3, 0.4) is 0 Å². The summed E-state index contributed by atoms with van der Waals surface area (Å²) in [6.07, 6.45) is 15.4. The molecule has 64 heavy (non-hydrogen) atoms. The van der Waals surface area contributed by atoms with Crippen molar-refractivity contribution in [3.8, 4) is 11.5 Å². The van der Waals surface area contributed by atoms with Gasteiger partial charge in [0.25, 0.3) is 0 Å². The van der Waals surface area contributed by atoms with Crippen LogP contribution in [0.15, 0.2) is 55.4 Å². The van der Waals surface area contributed by atoms with Gasteiger partial charge in [0.05, 0.1) is 13.2 Å². The van der Waals surface area contributed by atoms with Gasteiger partial charge >= 0.3 is 0 Å². The Kier molecular flexibility index (Phi) is 11.9. The summed E-state index contributed by atoms with van der Waals surface area (Å²) in [7, 11) is 0. The zero-order chi connectivity index (χ0) is 44.8. The predicted octanol–water partition coefficient (Wildman–Crippen LogP) is 6.88. The van der Waals surface area contributed by atoms with Crippen LogP contribution in [0.2, 0.25) is 0 Å². The van der Waals surface area contributed by atoms with Crippen LogP contribution in [0.1, 0.15) is 112 Å². The monoisotopic (exact) mass is 872 g/mol. The normalized spacial score (nSPS) is 21.5. The van der Waals surface area contributed by atoms with Gasteiger partial charge in [-0.3, -0.25) is 18.4 Å². The van der Waals surface area contributed by atoms with Crippen molar-refractivity contribution in [2.45, 2.75) is 129 Å². The number of hydrogen-bond donors (Lipinski definition) is 0. The Labute approximate surface area is 370 Å². The molecule has 0 bridgehead atoms. The average Bonchev–Trinajstić information content (AvgIpc) is 4.10. The predicted molar refractivity (Wildman–Crippen MR) is 235 cm³/mol. The molecule has 1 saturated heterocycles. The summed E-state index contributed by atoms with van der Waals surface area (Å²) < 4.78 is 44.1. The number of halogens is 2. The summed E-state index contributed by atoms with van der Waals surface area (Å²) in [5.41, 5.74) is 8.00. The van der Waals surface area contributed by atoms with Crippen LogP contribution >= 0.6 is 0 Å². The van der Waals surface area contributed by atoms with Crippen molar-refractivity contribution in [1.29, 1.82) is 0 Å². The summed E-state index contributed by atoms with van der Waals surface area (Å²) in [5.74, 6) is 3.24. The summed E-state index contributed by atoms with van der Waals surface area (Å²) >= 11 is 0. The molecule has 4 aliphatic rings. The Balaban J connectivity index is 0.000000162. The molecule has 10 rings (SSSR count). The number of benzene rings is 2. The molecule has 8 heterocycles. The van der Waals surface area contributed by atoms with Crippen molar-refractivity contribution >= 4 is 28.7 Å². The second-order valence-corrected chi connectivity index (χ2v) is 17.7. The van der Waals surface area contributed by atoms with Crippen LogP contribution < -0.4 is 9.47 Å². The molecule has 0 N–H and O–H groups in total. The third kappa shape index (κ3) is 8.06. The Bertz CT molecular complexity index is 2770. The van der Waals surface area contributed by atoms with Gasteiger partial charge in [-0.15, -0.1) is 20.4 Å². The minimum atomic E-state index is -0.198. The van der Waals surface area contributed by atoms with Gasteiger partial charge in [0.15, 0.2) is 11.3 Å². The van der Waals surface area contributed by atoms with Gasteiger partial charge in [0, 0.05) is 98.3 Å². The average molecular weight is 873 g/mol. The summed E-state index contributed by atoms with van der Waals surface area (Å²) in [5, 5.41) is 17.0. The van der Waals surface area contributed by atoms with E-state index in [4.69, 9.17) is 19.4 Å². The van der Waals surface area contributed by atoms with E-state index in [1.54, 1.807) is 38.6 Å². The Hall–Kier alpha value is -6.32. The van der Waals surface area contributed by atoms with Gasteiger partial charge in [-0.05, 0) is 107 Å². The number of nitrogens with zero attached hydrogens (tertiary/aromatic N) is 10. The summed E-state index contributed by atoms with van der Waals surface area (Å²) in [6, 6.07) is 6.80. The standard InChI is InChI=1S/C24H28FN5O2.C24H26FN5O2/c2*1-14-10-17(11-15(2)30(14)16(3)31)20-12-26-23(29-13-27-28-24(20)29)7-4-18-19-8-9-32-22(19)6-5-21(18)25/h5-6,12-15,17H,4,7-11H2,1-3H3;5-6,10,12-15H,4,7-9,11H2,1-3H3. The van der Waals surface area contributed by atoms with E-state index in [9.17, 15) is 18.4 Å². The maximum atomic E-state index is 14.5. The fourth-order valence-corrected chi connectivity index (χ4v) is 10.8. The third-order valence-electron chi connectivity index (χ3n) is 13.5. The molecule has 0 aliphatic carbocycles. The molecule has 2 aromatic carbocycles. The Morgan fingerprint density at radius 2 is 1.22 bits per heavy atom. The van der Waals surface area contributed by atoms with E-state index in [0.717, 1.165) is 94.4 Å². The summed E-state index contributed by atoms with van der Waals surface area (Å²) in [6.45, 7) is 12.7. The molecule has 0 saturated carbocycles. The molecule has 0 radical (unpaired) electrons. The van der Waals surface area contributed by atoms with Gasteiger partial charge in [0.1, 0.15) is 47.4 Å². The molecule has 4 atom stereocenters. The van der Waals surface area contributed by atoms with Crippen LogP contribution in [-0.4, -0.2) is 98.2 Å². The highest BCUT2D eigenvalue weighted by Crippen LogP contribution is 2.38. The first-order chi connectivity index (χ1) is 30.9. The first kappa shape index (κ1) is 43.0. The van der Waals surface area contributed by atoms with E-state index in [1.807, 2.05) is 37.9 Å². The number of aryl methyl sites for hydroxylation is 2. The number of ether oxygens (including phenoxy) is 2. The molecule has 0 spiro atoms. The van der Waals surface area contributed by atoms with Crippen LogP contribution in [0.5, 0.6) is 11.5 Å². The Morgan fingerprint density at radius 3 is 1.77 bits per heavy atom. The van der Waals surface area contributed by atoms with Crippen LogP contribution in [0.25, 0.3) is 16.9 Å². The SMILES string of the molecule is CC(=O)N1C(C)C=C(c2cnc(CCc3c(F)ccc4c3CCO4)n3cnnc23)CC1C.CC(=O)N1C(C)CC(c2cnc(CCc3c(F)ccc4c3CCO4)n3cnnc23)CC1C. The van der Waals surface area contributed by atoms with E-state index in [2.05, 4.69) is 47.2 Å². The van der Waals surface area contributed by atoms with Crippen LogP contribution in [-0.2, 0) is 48.1 Å². The zero-order valence-electron chi connectivity index (χ0n) is 37.2. The van der Waals surface area contributed by atoms with E-state index in [1.165, 1.54) is 12.1 Å². The van der Waals surface area contributed by atoms with Crippen molar-refractivity contribution in [3.05, 3.63) is 112 Å². The van der Waals surface area contributed by atoms with Crippen molar-refractivity contribution in [3.63, 3.8) is 0 Å². The van der Waals surface area contributed by atoms with Crippen LogP contribution in [0.4, 0.5) is 8.78 Å². The lowest BCUT2D eigenvalue weighted by molar-refractivity contribution is -0.135. The fourth-order valence-electron chi connectivity index (χ4n) is 10.8. The molecular weight excluding hydrogens is 819 g/mol. The Morgan fingerprint density at radius 1 is 0.688 bits per heavy atom. The highest BCUT2D eigenvalue weighted by molar-refractivity contribution is 5.80. The van der Waals surface area contributed by atoms with Crippen molar-refractivity contribution in [2.24, 2.45) is 0 Å². The molecule has 2 amide bonds. The number of carbonyl (C=O) groups is 2. The number of fused-ring (bicyclic) bond motifs is 4. The van der Waals surface area contributed by atoms with Crippen molar-refractivity contribution in [1.82, 2.24) is 49.0 Å². The lowest BCUT2D eigenvalue weighted by Crippen LogP contribution is -2.48. The molecule has 4 aromatic heterocycles. The number of amides is 2. The van der Waals surface area contributed by atoms with Crippen molar-refractivity contribution < 1.29 is 27.8 Å². The van der Waals surface area contributed by atoms with Gasteiger partial charge in [0.2, 0.25) is 11.8 Å². The minimum absolute atomic E-state index is 0.000678. The van der Waals surface area contributed by atoms with Crippen LogP contribution in [0, 0.1) is 11.6 Å². The molecule has 16 heteroatoms. The summed E-state index contributed by atoms with van der Waals surface area (Å²) in [4.78, 5) is 37.3. The number of carbonyl (C=O) groups excluding carboxylic acids is 2. The molecule has 4 aliphatic heterocycles. The van der Waals surface area contributed by atoms with Gasteiger partial charge in [-0.1, -0.05) is 6.08 Å². The number of likely N-dealkylation sites (tertiary alicyclic amines) is 1. The zero-order valence-corrected chi connectivity index (χ0v) is 37.2. The van der Waals surface area contributed by atoms with E-state index < -0.39 is 0 Å². The van der Waals surface area contributed by atoms with Gasteiger partial charge in [-0.25, -0.2) is 18.7 Å². The molecule has 4 unspecified atom stereocenters. The highest BCUT2D eigenvalue weighted by Gasteiger charge is 2.35. The molecule has 334 valence electrons. The number of rotatable bonds is 8. The molecule has 6 aromatic rings. The fraction of sp³-hybridized carbons (Fsp3) is 0.458. The lowest BCUT2D eigenvalue weighted by Gasteiger charge is -2.42. The molecular formula is C48H54F2N10O4. The van der Waals surface area contributed by atoms with E-state index in [0.29, 0.717) is 50.0 Å².